The summed E-state index contributed by atoms with van der Waals surface area (Å²) in [6, 6.07) is 82.5. The predicted octanol–water partition coefficient (Wildman–Crippen LogP) is 17.8. The van der Waals surface area contributed by atoms with Gasteiger partial charge in [0.05, 0.1) is 22.4 Å². The lowest BCUT2D eigenvalue weighted by atomic mass is 10.0. The molecule has 0 aliphatic heterocycles. The molecule has 6 heteroatoms. The number of fused-ring (bicyclic) bond motifs is 9. The summed E-state index contributed by atoms with van der Waals surface area (Å²) in [5.74, 6) is 0. The molecule has 0 aliphatic carbocycles. The number of furan rings is 3. The summed E-state index contributed by atoms with van der Waals surface area (Å²) in [5, 5.41) is 6.26. The third-order valence-electron chi connectivity index (χ3n) is 12.6. The van der Waals surface area contributed by atoms with Crippen molar-refractivity contribution in [2.45, 2.75) is 0 Å². The standard InChI is InChI=1S/C60H39N3O3/c1-5-18-40(19-6-1)61(44-32-34-49-47-26-13-15-29-54(47)64-57(49)38-44)46-36-51-59-52(62(41-20-7-2-8-21-41)42-22-9-3-10-23-42)28-17-31-56(59)66-60(51)53(37-46)63(43-24-11-4-12-25-43)45-33-35-50-48-27-14-16-30-55(48)65-58(50)39-45/h1-39H. The number of hydrogen-bond acceptors (Lipinski definition) is 6. The summed E-state index contributed by atoms with van der Waals surface area (Å²) >= 11 is 0. The van der Waals surface area contributed by atoms with E-state index in [0.29, 0.717) is 0 Å². The Morgan fingerprint density at radius 1 is 0.227 bits per heavy atom. The normalized spacial score (nSPS) is 11.6. The molecule has 0 atom stereocenters. The molecular formula is C60H39N3O3. The first kappa shape index (κ1) is 37.5. The van der Waals surface area contributed by atoms with Crippen molar-refractivity contribution in [2.75, 3.05) is 14.7 Å². The highest BCUT2D eigenvalue weighted by atomic mass is 16.3. The fourth-order valence-corrected chi connectivity index (χ4v) is 9.68. The zero-order chi connectivity index (χ0) is 43.6. The zero-order valence-corrected chi connectivity index (χ0v) is 35.6. The lowest BCUT2D eigenvalue weighted by Crippen LogP contribution is -2.13. The Balaban J connectivity index is 1.13. The fourth-order valence-electron chi connectivity index (χ4n) is 9.68. The molecule has 6 nitrogen and oxygen atoms in total. The molecule has 0 N–H and O–H groups in total. The average molecular weight is 850 g/mol. The molecule has 312 valence electrons. The van der Waals surface area contributed by atoms with Crippen molar-refractivity contribution in [1.82, 2.24) is 0 Å². The maximum atomic E-state index is 7.22. The summed E-state index contributed by atoms with van der Waals surface area (Å²) in [5.41, 5.74) is 13.6. The highest BCUT2D eigenvalue weighted by Gasteiger charge is 2.27. The van der Waals surface area contributed by atoms with Gasteiger partial charge in [0.2, 0.25) is 0 Å². The van der Waals surface area contributed by atoms with Gasteiger partial charge in [0.1, 0.15) is 27.9 Å². The second kappa shape index (κ2) is 15.4. The van der Waals surface area contributed by atoms with Crippen LogP contribution in [0.3, 0.4) is 0 Å². The van der Waals surface area contributed by atoms with Crippen molar-refractivity contribution in [2.24, 2.45) is 0 Å². The number of nitrogens with zero attached hydrogens (tertiary/aromatic N) is 3. The number of rotatable bonds is 9. The van der Waals surface area contributed by atoms with Gasteiger partial charge in [-0.25, -0.2) is 0 Å². The van der Waals surface area contributed by atoms with Gasteiger partial charge in [0, 0.05) is 73.2 Å². The second-order valence-electron chi connectivity index (χ2n) is 16.5. The minimum absolute atomic E-state index is 0.747. The molecule has 0 bridgehead atoms. The van der Waals surface area contributed by atoms with Crippen LogP contribution in [0.1, 0.15) is 0 Å². The molecule has 66 heavy (non-hydrogen) atoms. The summed E-state index contributed by atoms with van der Waals surface area (Å²) in [7, 11) is 0. The van der Waals surface area contributed by atoms with Crippen LogP contribution < -0.4 is 14.7 Å². The minimum Gasteiger partial charge on any atom is -0.456 e. The maximum Gasteiger partial charge on any atom is 0.159 e. The smallest absolute Gasteiger partial charge is 0.159 e. The van der Waals surface area contributed by atoms with E-state index < -0.39 is 0 Å². The van der Waals surface area contributed by atoms with Crippen LogP contribution in [-0.2, 0) is 0 Å². The third-order valence-corrected chi connectivity index (χ3v) is 12.6. The number of hydrogen-bond donors (Lipinski definition) is 0. The van der Waals surface area contributed by atoms with Gasteiger partial charge in [0.25, 0.3) is 0 Å². The topological polar surface area (TPSA) is 49.1 Å². The Labute approximate surface area is 380 Å². The molecule has 0 unspecified atom stereocenters. The van der Waals surface area contributed by atoms with E-state index in [-0.39, 0.29) is 0 Å². The molecule has 0 fully saturated rings. The molecule has 3 heterocycles. The van der Waals surface area contributed by atoms with Crippen LogP contribution >= 0.6 is 0 Å². The van der Waals surface area contributed by atoms with E-state index in [9.17, 15) is 0 Å². The van der Waals surface area contributed by atoms with E-state index in [2.05, 4.69) is 227 Å². The Bertz CT molecular complexity index is 3860. The molecule has 0 amide bonds. The number of para-hydroxylation sites is 6. The molecular weight excluding hydrogens is 811 g/mol. The van der Waals surface area contributed by atoms with Crippen molar-refractivity contribution in [3.05, 3.63) is 237 Å². The molecule has 13 rings (SSSR count). The third kappa shape index (κ3) is 6.19. The Morgan fingerprint density at radius 3 is 1.18 bits per heavy atom. The SMILES string of the molecule is c1ccc(N(c2ccc3c(c2)oc2ccccc23)c2cc(N(c3ccccc3)c3ccc4c(c3)oc3ccccc34)c3oc4cccc(N(c5ccccc5)c5ccccc5)c4c3c2)cc1. The molecule has 13 aromatic rings. The molecule has 3 aromatic heterocycles. The van der Waals surface area contributed by atoms with Crippen molar-refractivity contribution in [1.29, 1.82) is 0 Å². The molecule has 0 radical (unpaired) electrons. The van der Waals surface area contributed by atoms with Crippen molar-refractivity contribution >= 4 is 117 Å². The van der Waals surface area contributed by atoms with Gasteiger partial charge < -0.3 is 28.0 Å². The lowest BCUT2D eigenvalue weighted by molar-refractivity contribution is 0.667. The first-order chi connectivity index (χ1) is 32.7. The van der Waals surface area contributed by atoms with Crippen LogP contribution in [0, 0.1) is 0 Å². The van der Waals surface area contributed by atoms with Crippen LogP contribution in [0.5, 0.6) is 0 Å². The molecule has 0 saturated carbocycles. The van der Waals surface area contributed by atoms with Crippen LogP contribution in [0.2, 0.25) is 0 Å². The maximum absolute atomic E-state index is 7.22. The lowest BCUT2D eigenvalue weighted by Gasteiger charge is -2.30. The quantitative estimate of drug-likeness (QED) is 0.144. The van der Waals surface area contributed by atoms with E-state index in [1.807, 2.05) is 24.3 Å². The van der Waals surface area contributed by atoms with E-state index in [0.717, 1.165) is 117 Å². The highest BCUT2D eigenvalue weighted by molar-refractivity contribution is 6.18. The number of benzene rings is 10. The minimum atomic E-state index is 0.747. The van der Waals surface area contributed by atoms with Crippen molar-refractivity contribution in [3.8, 4) is 0 Å². The fraction of sp³-hybridized carbons (Fsp3) is 0. The Hall–Kier alpha value is -9.00. The first-order valence-corrected chi connectivity index (χ1v) is 22.2. The summed E-state index contributed by atoms with van der Waals surface area (Å²) in [6.07, 6.45) is 0. The van der Waals surface area contributed by atoms with Crippen LogP contribution in [-0.4, -0.2) is 0 Å². The Morgan fingerprint density at radius 2 is 0.652 bits per heavy atom. The van der Waals surface area contributed by atoms with Gasteiger partial charge in [-0.3, -0.25) is 0 Å². The first-order valence-electron chi connectivity index (χ1n) is 22.2. The van der Waals surface area contributed by atoms with E-state index in [4.69, 9.17) is 13.3 Å². The van der Waals surface area contributed by atoms with Crippen molar-refractivity contribution in [3.63, 3.8) is 0 Å². The van der Waals surface area contributed by atoms with Gasteiger partial charge in [0.15, 0.2) is 5.58 Å². The molecule has 0 aliphatic rings. The van der Waals surface area contributed by atoms with E-state index in [1.165, 1.54) is 0 Å². The van der Waals surface area contributed by atoms with Gasteiger partial charge in [-0.1, -0.05) is 115 Å². The zero-order valence-electron chi connectivity index (χ0n) is 35.6. The van der Waals surface area contributed by atoms with Gasteiger partial charge in [-0.05, 0) is 109 Å². The van der Waals surface area contributed by atoms with Gasteiger partial charge >= 0.3 is 0 Å². The summed E-state index contributed by atoms with van der Waals surface area (Å²) in [6.45, 7) is 0. The average Bonchev–Trinajstić information content (AvgIpc) is 4.07. The molecule has 0 spiro atoms. The largest absolute Gasteiger partial charge is 0.456 e. The van der Waals surface area contributed by atoms with E-state index in [1.54, 1.807) is 0 Å². The van der Waals surface area contributed by atoms with E-state index >= 15 is 0 Å². The van der Waals surface area contributed by atoms with Crippen LogP contribution in [0.25, 0.3) is 65.8 Å². The Kier molecular flexibility index (Phi) is 8.74. The monoisotopic (exact) mass is 849 g/mol. The summed E-state index contributed by atoms with van der Waals surface area (Å²) in [4.78, 5) is 6.92. The highest BCUT2D eigenvalue weighted by Crippen LogP contribution is 2.51. The molecule has 10 aromatic carbocycles. The summed E-state index contributed by atoms with van der Waals surface area (Å²) < 4.78 is 20.3. The molecule has 0 saturated heterocycles. The number of anilines is 9. The predicted molar refractivity (Wildman–Crippen MR) is 272 cm³/mol. The van der Waals surface area contributed by atoms with Crippen LogP contribution in [0.15, 0.2) is 250 Å². The van der Waals surface area contributed by atoms with Crippen molar-refractivity contribution < 1.29 is 13.3 Å². The second-order valence-corrected chi connectivity index (χ2v) is 16.5. The van der Waals surface area contributed by atoms with Crippen LogP contribution in [0.4, 0.5) is 51.2 Å². The van der Waals surface area contributed by atoms with Gasteiger partial charge in [-0.2, -0.15) is 0 Å². The van der Waals surface area contributed by atoms with Gasteiger partial charge in [-0.15, -0.1) is 0 Å².